The molecule has 2 aromatic carbocycles. The van der Waals surface area contributed by atoms with Gasteiger partial charge in [-0.1, -0.05) is 79.0 Å². The van der Waals surface area contributed by atoms with E-state index in [1.807, 2.05) is 42.5 Å². The fourth-order valence-electron chi connectivity index (χ4n) is 2.84. The summed E-state index contributed by atoms with van der Waals surface area (Å²) in [6, 6.07) is 17.8. The number of amides is 1. The molecule has 0 aliphatic carbocycles. The second-order valence-corrected chi connectivity index (χ2v) is 6.10. The lowest BCUT2D eigenvalue weighted by atomic mass is 9.97. The average molecular weight is 340 g/mol. The van der Waals surface area contributed by atoms with Crippen LogP contribution >= 0.6 is 0 Å². The summed E-state index contributed by atoms with van der Waals surface area (Å²) in [4.78, 5) is 22.1. The van der Waals surface area contributed by atoms with E-state index in [2.05, 4.69) is 17.3 Å². The highest BCUT2D eigenvalue weighted by Crippen LogP contribution is 2.27. The quantitative estimate of drug-likeness (QED) is 0.276. The van der Waals surface area contributed by atoms with Crippen LogP contribution in [-0.4, -0.2) is 11.1 Å². The fourth-order valence-corrected chi connectivity index (χ4v) is 2.84. The first-order valence-corrected chi connectivity index (χ1v) is 8.65. The van der Waals surface area contributed by atoms with Crippen LogP contribution in [0.1, 0.15) is 50.1 Å². The zero-order valence-electron chi connectivity index (χ0n) is 14.2. The molecule has 5 nitrogen and oxygen atoms in total. The predicted octanol–water partition coefficient (Wildman–Crippen LogP) is 5.01. The van der Waals surface area contributed by atoms with Crippen LogP contribution in [0.4, 0.5) is 0 Å². The van der Waals surface area contributed by atoms with Crippen molar-refractivity contribution in [2.75, 3.05) is 0 Å². The van der Waals surface area contributed by atoms with Gasteiger partial charge in [-0.25, -0.2) is 5.48 Å². The molecule has 0 aliphatic heterocycles. The molecule has 1 atom stereocenters. The maximum Gasteiger partial charge on any atom is 0.243 e. The molecule has 0 spiro atoms. The number of rotatable bonds is 10. The maximum absolute atomic E-state index is 11.2. The molecule has 0 aromatic heterocycles. The fraction of sp³-hybridized carbons (Fsp3) is 0.350. The summed E-state index contributed by atoms with van der Waals surface area (Å²) < 4.78 is 0. The lowest BCUT2D eigenvalue weighted by molar-refractivity contribution is -0.129. The third-order valence-electron chi connectivity index (χ3n) is 4.29. The van der Waals surface area contributed by atoms with Crippen molar-refractivity contribution in [3.8, 4) is 11.1 Å². The van der Waals surface area contributed by atoms with Crippen LogP contribution in [0.25, 0.3) is 11.1 Å². The van der Waals surface area contributed by atoms with E-state index in [1.165, 1.54) is 0 Å². The molecular formula is C20H24N2O3. The topological polar surface area (TPSA) is 78.8 Å². The highest BCUT2D eigenvalue weighted by atomic mass is 16.5. The zero-order valence-corrected chi connectivity index (χ0v) is 14.2. The SMILES string of the molecule is O=NC(CCCCCCC(=O)NO)c1ccc(-c2ccccc2)cc1. The lowest BCUT2D eigenvalue weighted by Gasteiger charge is -2.10. The van der Waals surface area contributed by atoms with Gasteiger partial charge in [0.05, 0.1) is 0 Å². The summed E-state index contributed by atoms with van der Waals surface area (Å²) in [7, 11) is 0. The van der Waals surface area contributed by atoms with Crippen molar-refractivity contribution < 1.29 is 10.0 Å². The first-order valence-electron chi connectivity index (χ1n) is 8.65. The number of nitroso groups, excluding NO2 is 1. The van der Waals surface area contributed by atoms with Gasteiger partial charge in [0.15, 0.2) is 0 Å². The second-order valence-electron chi connectivity index (χ2n) is 6.10. The Morgan fingerprint density at radius 1 is 0.920 bits per heavy atom. The molecule has 2 N–H and O–H groups in total. The first kappa shape index (κ1) is 18.8. The number of carbonyl (C=O) groups excluding carboxylic acids is 1. The van der Waals surface area contributed by atoms with Crippen molar-refractivity contribution in [2.45, 2.75) is 44.6 Å². The van der Waals surface area contributed by atoms with Gasteiger partial charge in [-0.15, -0.1) is 0 Å². The maximum atomic E-state index is 11.2. The smallest absolute Gasteiger partial charge is 0.243 e. The summed E-state index contributed by atoms with van der Waals surface area (Å²) >= 11 is 0. The number of hydroxylamine groups is 1. The largest absolute Gasteiger partial charge is 0.289 e. The van der Waals surface area contributed by atoms with Gasteiger partial charge < -0.3 is 0 Å². The lowest BCUT2D eigenvalue weighted by Crippen LogP contribution is -2.17. The second kappa shape index (κ2) is 10.4. The average Bonchev–Trinajstić information content (AvgIpc) is 2.68. The molecular weight excluding hydrogens is 316 g/mol. The number of carbonyl (C=O) groups is 1. The molecule has 2 aromatic rings. The van der Waals surface area contributed by atoms with Crippen molar-refractivity contribution in [3.63, 3.8) is 0 Å². The van der Waals surface area contributed by atoms with Crippen molar-refractivity contribution in [1.82, 2.24) is 5.48 Å². The van der Waals surface area contributed by atoms with Crippen LogP contribution in [0.3, 0.4) is 0 Å². The van der Waals surface area contributed by atoms with Gasteiger partial charge >= 0.3 is 0 Å². The number of hydrogen-bond donors (Lipinski definition) is 2. The number of nitrogens with zero attached hydrogens (tertiary/aromatic N) is 1. The molecule has 25 heavy (non-hydrogen) atoms. The minimum Gasteiger partial charge on any atom is -0.289 e. The van der Waals surface area contributed by atoms with Crippen LogP contribution in [0.2, 0.25) is 0 Å². The number of hydrogen-bond acceptors (Lipinski definition) is 4. The Morgan fingerprint density at radius 2 is 1.56 bits per heavy atom. The summed E-state index contributed by atoms with van der Waals surface area (Å²) in [5.74, 6) is -0.356. The van der Waals surface area contributed by atoms with E-state index in [1.54, 1.807) is 5.48 Å². The number of unbranched alkanes of at least 4 members (excludes halogenated alkanes) is 3. The minimum absolute atomic E-state index is 0.326. The Kier molecular flexibility index (Phi) is 7.79. The van der Waals surface area contributed by atoms with E-state index in [0.29, 0.717) is 12.8 Å². The van der Waals surface area contributed by atoms with Crippen molar-refractivity contribution in [1.29, 1.82) is 0 Å². The normalized spacial score (nSPS) is 11.7. The number of nitrogens with one attached hydrogen (secondary N) is 1. The van der Waals surface area contributed by atoms with E-state index in [-0.39, 0.29) is 11.9 Å². The van der Waals surface area contributed by atoms with Crippen LogP contribution in [0.5, 0.6) is 0 Å². The molecule has 0 fully saturated rings. The molecule has 5 heteroatoms. The minimum atomic E-state index is -0.356. The van der Waals surface area contributed by atoms with Crippen molar-refractivity contribution in [3.05, 3.63) is 65.1 Å². The summed E-state index contributed by atoms with van der Waals surface area (Å²) in [5, 5.41) is 11.7. The van der Waals surface area contributed by atoms with E-state index < -0.39 is 0 Å². The predicted molar refractivity (Wildman–Crippen MR) is 98.0 cm³/mol. The Hall–Kier alpha value is -2.53. The molecule has 2 rings (SSSR count). The van der Waals surface area contributed by atoms with Gasteiger partial charge in [0, 0.05) is 6.42 Å². The highest BCUT2D eigenvalue weighted by molar-refractivity contribution is 5.74. The van der Waals surface area contributed by atoms with Gasteiger partial charge in [-0.2, -0.15) is 4.91 Å². The van der Waals surface area contributed by atoms with E-state index >= 15 is 0 Å². The Bertz CT molecular complexity index is 656. The Morgan fingerprint density at radius 3 is 2.20 bits per heavy atom. The third-order valence-corrected chi connectivity index (χ3v) is 4.29. The molecule has 132 valence electrons. The molecule has 0 heterocycles. The molecule has 1 amide bonds. The summed E-state index contributed by atoms with van der Waals surface area (Å²) in [6.07, 6.45) is 4.49. The van der Waals surface area contributed by atoms with Crippen molar-refractivity contribution in [2.24, 2.45) is 5.18 Å². The van der Waals surface area contributed by atoms with Gasteiger partial charge in [-0.05, 0) is 29.5 Å². The first-order chi connectivity index (χ1) is 12.2. The zero-order chi connectivity index (χ0) is 17.9. The van der Waals surface area contributed by atoms with E-state index in [9.17, 15) is 9.70 Å². The summed E-state index contributed by atoms with van der Waals surface area (Å²) in [5.41, 5.74) is 4.84. The number of benzene rings is 2. The van der Waals surface area contributed by atoms with Gasteiger partial charge in [0.2, 0.25) is 5.91 Å². The third kappa shape index (κ3) is 6.12. The van der Waals surface area contributed by atoms with Gasteiger partial charge in [0.25, 0.3) is 0 Å². The van der Waals surface area contributed by atoms with E-state index in [4.69, 9.17) is 5.21 Å². The van der Waals surface area contributed by atoms with Crippen LogP contribution in [0, 0.1) is 4.91 Å². The molecule has 0 saturated heterocycles. The Balaban J connectivity index is 1.80. The summed E-state index contributed by atoms with van der Waals surface area (Å²) in [6.45, 7) is 0. The molecule has 1 unspecified atom stereocenters. The molecule has 0 saturated carbocycles. The molecule has 0 radical (unpaired) electrons. The Labute approximate surface area is 148 Å². The van der Waals surface area contributed by atoms with E-state index in [0.717, 1.165) is 42.4 Å². The highest BCUT2D eigenvalue weighted by Gasteiger charge is 2.11. The monoisotopic (exact) mass is 340 g/mol. The van der Waals surface area contributed by atoms with Crippen molar-refractivity contribution >= 4 is 5.91 Å². The standard InChI is InChI=1S/C20H24N2O3/c23-20(22-25)11-7-2-1-6-10-19(21-24)18-14-12-17(13-15-18)16-8-4-3-5-9-16/h3-5,8-9,12-15,19,25H,1-2,6-7,10-11H2,(H,22,23). The van der Waals surface area contributed by atoms with Gasteiger partial charge in [0.1, 0.15) is 6.04 Å². The van der Waals surface area contributed by atoms with Crippen LogP contribution < -0.4 is 5.48 Å². The molecule has 0 aliphatic rings. The van der Waals surface area contributed by atoms with Crippen LogP contribution in [-0.2, 0) is 4.79 Å². The van der Waals surface area contributed by atoms with Crippen LogP contribution in [0.15, 0.2) is 59.8 Å². The van der Waals surface area contributed by atoms with Gasteiger partial charge in [-0.3, -0.25) is 10.0 Å². The molecule has 0 bridgehead atoms.